The number of hydrogen-bond acceptors (Lipinski definition) is 1. The minimum absolute atomic E-state index is 0.326. The van der Waals surface area contributed by atoms with Gasteiger partial charge in [0.25, 0.3) is 0 Å². The highest BCUT2D eigenvalue weighted by Crippen LogP contribution is 2.63. The summed E-state index contributed by atoms with van der Waals surface area (Å²) in [6.07, 6.45) is 12.4. The molecule has 3 aliphatic carbocycles. The Morgan fingerprint density at radius 3 is 2.58 bits per heavy atom. The Kier molecular flexibility index (Phi) is 3.52. The van der Waals surface area contributed by atoms with Crippen molar-refractivity contribution in [1.29, 1.82) is 0 Å². The van der Waals surface area contributed by atoms with Crippen LogP contribution in [0.2, 0.25) is 0 Å². The lowest BCUT2D eigenvalue weighted by molar-refractivity contribution is 0.429. The maximum atomic E-state index is 6.45. The van der Waals surface area contributed by atoms with E-state index in [0.29, 0.717) is 5.92 Å². The van der Waals surface area contributed by atoms with Gasteiger partial charge in [-0.2, -0.15) is 0 Å². The van der Waals surface area contributed by atoms with E-state index in [9.17, 15) is 0 Å². The Morgan fingerprint density at radius 2 is 1.65 bits per heavy atom. The molecule has 0 bridgehead atoms. The topological polar surface area (TPSA) is 9.23 Å². The molecule has 0 fully saturated rings. The number of rotatable bonds is 0. The number of benzene rings is 3. The number of ether oxygens (including phenoxy) is 1. The van der Waals surface area contributed by atoms with E-state index >= 15 is 0 Å². The predicted octanol–water partition coefficient (Wildman–Crippen LogP) is 7.73. The Morgan fingerprint density at radius 1 is 0.839 bits per heavy atom. The van der Waals surface area contributed by atoms with Crippen molar-refractivity contribution in [2.24, 2.45) is 5.92 Å². The first-order valence-electron chi connectivity index (χ1n) is 10.7. The number of halogens is 1. The number of hydrogen-bond donors (Lipinski definition) is 0. The molecule has 31 heavy (non-hydrogen) atoms. The average Bonchev–Trinajstić information content (AvgIpc) is 3.08. The largest absolute Gasteiger partial charge is 0.457 e. The summed E-state index contributed by atoms with van der Waals surface area (Å²) in [5.41, 5.74) is 9.14. The van der Waals surface area contributed by atoms with Gasteiger partial charge in [-0.05, 0) is 52.5 Å². The first kappa shape index (κ1) is 17.6. The van der Waals surface area contributed by atoms with Crippen LogP contribution < -0.4 is 4.74 Å². The van der Waals surface area contributed by atoms with Crippen molar-refractivity contribution in [3.8, 4) is 11.5 Å². The average molecular weight is 463 g/mol. The summed E-state index contributed by atoms with van der Waals surface area (Å²) in [6.45, 7) is 0. The van der Waals surface area contributed by atoms with E-state index in [0.717, 1.165) is 22.4 Å². The highest BCUT2D eigenvalue weighted by molar-refractivity contribution is 9.10. The normalized spacial score (nSPS) is 24.0. The van der Waals surface area contributed by atoms with Gasteiger partial charge in [0, 0.05) is 21.5 Å². The van der Waals surface area contributed by atoms with Crippen LogP contribution in [-0.4, -0.2) is 0 Å². The summed E-state index contributed by atoms with van der Waals surface area (Å²) in [7, 11) is 0. The molecule has 0 amide bonds. The molecule has 2 unspecified atom stereocenters. The first-order chi connectivity index (χ1) is 15.3. The highest BCUT2D eigenvalue weighted by Gasteiger charge is 2.53. The molecule has 1 spiro atoms. The van der Waals surface area contributed by atoms with Crippen LogP contribution in [0.5, 0.6) is 11.5 Å². The summed E-state index contributed by atoms with van der Waals surface area (Å²) < 4.78 is 7.49. The van der Waals surface area contributed by atoms with Gasteiger partial charge in [0.1, 0.15) is 11.5 Å². The van der Waals surface area contributed by atoms with Crippen molar-refractivity contribution in [2.75, 3.05) is 0 Å². The van der Waals surface area contributed by atoms with Crippen LogP contribution in [0.4, 0.5) is 0 Å². The molecule has 4 aliphatic rings. The predicted molar refractivity (Wildman–Crippen MR) is 128 cm³/mol. The molecule has 1 heterocycles. The van der Waals surface area contributed by atoms with Crippen molar-refractivity contribution in [1.82, 2.24) is 0 Å². The second kappa shape index (κ2) is 6.21. The molecule has 0 saturated carbocycles. The molecule has 1 aliphatic heterocycles. The zero-order valence-electron chi connectivity index (χ0n) is 16.8. The van der Waals surface area contributed by atoms with Crippen molar-refractivity contribution in [3.05, 3.63) is 135 Å². The highest BCUT2D eigenvalue weighted by atomic mass is 79.9. The minimum atomic E-state index is -0.326. The van der Waals surface area contributed by atoms with Crippen LogP contribution >= 0.6 is 15.9 Å². The molecule has 1 nitrogen and oxygen atoms in total. The Labute approximate surface area is 190 Å². The molecule has 3 aromatic carbocycles. The van der Waals surface area contributed by atoms with E-state index in [1.54, 1.807) is 0 Å². The molecule has 0 radical (unpaired) electrons. The fourth-order valence-electron chi connectivity index (χ4n) is 5.96. The first-order valence-corrected chi connectivity index (χ1v) is 11.5. The number of allylic oxidation sites excluding steroid dienone is 8. The second-order valence-electron chi connectivity index (χ2n) is 8.63. The maximum absolute atomic E-state index is 6.45. The van der Waals surface area contributed by atoms with Gasteiger partial charge < -0.3 is 4.74 Å². The van der Waals surface area contributed by atoms with Gasteiger partial charge in [-0.25, -0.2) is 0 Å². The van der Waals surface area contributed by atoms with Crippen molar-refractivity contribution in [2.45, 2.75) is 11.8 Å². The van der Waals surface area contributed by atoms with Crippen molar-refractivity contribution < 1.29 is 4.74 Å². The summed E-state index contributed by atoms with van der Waals surface area (Å²) in [6, 6.07) is 24.0. The zero-order chi connectivity index (χ0) is 20.6. The van der Waals surface area contributed by atoms with E-state index in [4.69, 9.17) is 4.74 Å². The van der Waals surface area contributed by atoms with Crippen LogP contribution in [0.1, 0.15) is 28.7 Å². The Hall–Kier alpha value is -3.10. The molecular formula is C29H19BrO. The van der Waals surface area contributed by atoms with Crippen LogP contribution in [0.3, 0.4) is 0 Å². The summed E-state index contributed by atoms with van der Waals surface area (Å²) in [4.78, 5) is 0. The lowest BCUT2D eigenvalue weighted by Gasteiger charge is -2.42. The number of fused-ring (bicyclic) bond motifs is 9. The van der Waals surface area contributed by atoms with Crippen molar-refractivity contribution >= 4 is 21.5 Å². The fraction of sp³-hybridized carbons (Fsp3) is 0.103. The Balaban J connectivity index is 1.64. The SMILES string of the molecule is Brc1ccc2c(c1)Oc1ccccc1C21C2=C(C=C3C=CC=CC3C2)c2ccccc21. The van der Waals surface area contributed by atoms with Gasteiger partial charge >= 0.3 is 0 Å². The molecule has 148 valence electrons. The molecule has 7 rings (SSSR count). The van der Waals surface area contributed by atoms with Gasteiger partial charge in [-0.1, -0.05) is 94.8 Å². The molecule has 2 atom stereocenters. The molecular weight excluding hydrogens is 444 g/mol. The van der Waals surface area contributed by atoms with Gasteiger partial charge in [0.2, 0.25) is 0 Å². The summed E-state index contributed by atoms with van der Waals surface area (Å²) >= 11 is 3.66. The number of para-hydroxylation sites is 1. The van der Waals surface area contributed by atoms with E-state index < -0.39 is 0 Å². The van der Waals surface area contributed by atoms with E-state index in [1.165, 1.54) is 39.0 Å². The van der Waals surface area contributed by atoms with Crippen LogP contribution in [0.25, 0.3) is 5.57 Å². The van der Waals surface area contributed by atoms with Crippen LogP contribution in [0.15, 0.2) is 113 Å². The van der Waals surface area contributed by atoms with Crippen LogP contribution in [0, 0.1) is 5.92 Å². The fourth-order valence-corrected chi connectivity index (χ4v) is 6.30. The maximum Gasteiger partial charge on any atom is 0.133 e. The summed E-state index contributed by atoms with van der Waals surface area (Å²) in [5.74, 6) is 2.31. The molecule has 3 aromatic rings. The van der Waals surface area contributed by atoms with Crippen molar-refractivity contribution in [3.63, 3.8) is 0 Å². The third kappa shape index (κ3) is 2.21. The second-order valence-corrected chi connectivity index (χ2v) is 9.54. The van der Waals surface area contributed by atoms with Gasteiger partial charge in [0.05, 0.1) is 5.41 Å². The van der Waals surface area contributed by atoms with E-state index in [-0.39, 0.29) is 5.41 Å². The van der Waals surface area contributed by atoms with Gasteiger partial charge in [-0.15, -0.1) is 0 Å². The zero-order valence-corrected chi connectivity index (χ0v) is 18.4. The van der Waals surface area contributed by atoms with E-state index in [1.807, 2.05) is 0 Å². The standard InChI is InChI=1S/C29H19BrO/c30-20-13-14-25-28(17-20)31-27-12-6-5-11-24(27)29(25)23-10-4-3-9-21(23)22-15-18-7-1-2-8-19(18)16-26(22)29/h1-15,17,19H,16H2. The molecule has 0 N–H and O–H groups in total. The van der Waals surface area contributed by atoms with E-state index in [2.05, 4.69) is 113 Å². The smallest absolute Gasteiger partial charge is 0.133 e. The quantitative estimate of drug-likeness (QED) is 0.332. The summed E-state index contributed by atoms with van der Waals surface area (Å²) in [5, 5.41) is 0. The lowest BCUT2D eigenvalue weighted by Crippen LogP contribution is -2.34. The third-order valence-electron chi connectivity index (χ3n) is 7.16. The minimum Gasteiger partial charge on any atom is -0.457 e. The molecule has 0 aromatic heterocycles. The van der Waals surface area contributed by atoms with Gasteiger partial charge in [-0.3, -0.25) is 0 Å². The Bertz CT molecular complexity index is 1400. The molecule has 2 heteroatoms. The monoisotopic (exact) mass is 462 g/mol. The lowest BCUT2D eigenvalue weighted by atomic mass is 9.62. The van der Waals surface area contributed by atoms with Crippen LogP contribution in [-0.2, 0) is 5.41 Å². The third-order valence-corrected chi connectivity index (χ3v) is 7.66. The molecule has 0 saturated heterocycles. The van der Waals surface area contributed by atoms with Gasteiger partial charge in [0.15, 0.2) is 0 Å².